The topological polar surface area (TPSA) is 41.6 Å². The third-order valence-corrected chi connectivity index (χ3v) is 2.50. The molecule has 0 bridgehead atoms. The summed E-state index contributed by atoms with van der Waals surface area (Å²) in [5.74, 6) is 0.0530. The average molecular weight is 236 g/mol. The van der Waals surface area contributed by atoms with Crippen LogP contribution in [0.5, 0.6) is 0 Å². The summed E-state index contributed by atoms with van der Waals surface area (Å²) in [4.78, 5) is 13.3. The summed E-state index contributed by atoms with van der Waals surface area (Å²) in [6.07, 6.45) is 0. The van der Waals surface area contributed by atoms with Gasteiger partial charge in [-0.05, 0) is 13.0 Å². The van der Waals surface area contributed by atoms with Gasteiger partial charge in [0.2, 0.25) is 5.91 Å². The first-order chi connectivity index (χ1) is 8.06. The number of nitrogens with zero attached hydrogens (tertiary/aromatic N) is 1. The van der Waals surface area contributed by atoms with E-state index in [1.54, 1.807) is 26.1 Å². The lowest BCUT2D eigenvalue weighted by Crippen LogP contribution is -2.36. The van der Waals surface area contributed by atoms with E-state index in [-0.39, 0.29) is 11.9 Å². The predicted molar refractivity (Wildman–Crippen MR) is 68.9 cm³/mol. The third kappa shape index (κ3) is 3.75. The highest BCUT2D eigenvalue weighted by atomic mass is 16.5. The average Bonchev–Trinajstić information content (AvgIpc) is 2.30. The molecule has 1 N–H and O–H groups in total. The van der Waals surface area contributed by atoms with Gasteiger partial charge in [0, 0.05) is 32.5 Å². The Morgan fingerprint density at radius 2 is 2.06 bits per heavy atom. The van der Waals surface area contributed by atoms with Crippen LogP contribution >= 0.6 is 0 Å². The van der Waals surface area contributed by atoms with Gasteiger partial charge in [0.25, 0.3) is 0 Å². The third-order valence-electron chi connectivity index (χ3n) is 2.50. The van der Waals surface area contributed by atoms with Crippen molar-refractivity contribution in [3.63, 3.8) is 0 Å². The van der Waals surface area contributed by atoms with Crippen LogP contribution in [0.3, 0.4) is 0 Å². The van der Waals surface area contributed by atoms with Gasteiger partial charge in [-0.15, -0.1) is 0 Å². The van der Waals surface area contributed by atoms with Crippen molar-refractivity contribution in [3.05, 3.63) is 29.8 Å². The molecule has 0 heterocycles. The van der Waals surface area contributed by atoms with Crippen LogP contribution in [0.2, 0.25) is 0 Å². The van der Waals surface area contributed by atoms with E-state index in [2.05, 4.69) is 5.32 Å². The van der Waals surface area contributed by atoms with Crippen LogP contribution in [-0.4, -0.2) is 38.1 Å². The molecule has 0 radical (unpaired) electrons. The Morgan fingerprint density at radius 3 is 2.65 bits per heavy atom. The van der Waals surface area contributed by atoms with Crippen molar-refractivity contribution in [1.29, 1.82) is 0 Å². The van der Waals surface area contributed by atoms with Gasteiger partial charge in [-0.3, -0.25) is 4.79 Å². The van der Waals surface area contributed by atoms with Gasteiger partial charge in [-0.25, -0.2) is 0 Å². The Kier molecular flexibility index (Phi) is 4.97. The van der Waals surface area contributed by atoms with E-state index in [9.17, 15) is 4.79 Å². The Morgan fingerprint density at radius 1 is 1.41 bits per heavy atom. The fourth-order valence-electron chi connectivity index (χ4n) is 1.62. The minimum absolute atomic E-state index is 0.0530. The van der Waals surface area contributed by atoms with Crippen LogP contribution in [0.25, 0.3) is 0 Å². The summed E-state index contributed by atoms with van der Waals surface area (Å²) in [5, 5.41) is 3.21. The standard InChI is InChI=1S/C13H20N2O2/c1-10(13(16)15(2)3)14-12-8-6-5-7-11(12)9-17-4/h5-8,10,14H,9H2,1-4H3. The summed E-state index contributed by atoms with van der Waals surface area (Å²) in [6.45, 7) is 2.39. The van der Waals surface area contributed by atoms with Crippen molar-refractivity contribution in [2.75, 3.05) is 26.5 Å². The number of rotatable bonds is 5. The zero-order valence-corrected chi connectivity index (χ0v) is 10.9. The molecule has 1 amide bonds. The first-order valence-electron chi connectivity index (χ1n) is 5.60. The molecule has 0 aliphatic carbocycles. The minimum atomic E-state index is -0.247. The molecule has 4 heteroatoms. The number of hydrogen-bond donors (Lipinski definition) is 1. The van der Waals surface area contributed by atoms with Crippen molar-refractivity contribution in [1.82, 2.24) is 4.90 Å². The van der Waals surface area contributed by atoms with Crippen molar-refractivity contribution < 1.29 is 9.53 Å². The molecule has 1 rings (SSSR count). The Bertz CT molecular complexity index is 377. The number of para-hydroxylation sites is 1. The molecule has 4 nitrogen and oxygen atoms in total. The molecule has 0 spiro atoms. The fraction of sp³-hybridized carbons (Fsp3) is 0.462. The van der Waals surface area contributed by atoms with Crippen LogP contribution in [0, 0.1) is 0 Å². The van der Waals surface area contributed by atoms with Crippen molar-refractivity contribution in [3.8, 4) is 0 Å². The largest absolute Gasteiger partial charge is 0.380 e. The number of benzene rings is 1. The zero-order chi connectivity index (χ0) is 12.8. The smallest absolute Gasteiger partial charge is 0.244 e. The number of hydrogen-bond acceptors (Lipinski definition) is 3. The van der Waals surface area contributed by atoms with E-state index < -0.39 is 0 Å². The van der Waals surface area contributed by atoms with E-state index in [1.807, 2.05) is 31.2 Å². The molecule has 1 aromatic carbocycles. The summed E-state index contributed by atoms with van der Waals surface area (Å²) in [7, 11) is 5.16. The van der Waals surface area contributed by atoms with Crippen molar-refractivity contribution in [2.24, 2.45) is 0 Å². The number of carbonyl (C=O) groups is 1. The quantitative estimate of drug-likeness (QED) is 0.846. The number of ether oxygens (including phenoxy) is 1. The van der Waals surface area contributed by atoms with Crippen LogP contribution in [0.4, 0.5) is 5.69 Å². The van der Waals surface area contributed by atoms with E-state index >= 15 is 0 Å². The maximum absolute atomic E-state index is 11.7. The number of likely N-dealkylation sites (N-methyl/N-ethyl adjacent to an activating group) is 1. The first-order valence-corrected chi connectivity index (χ1v) is 5.60. The highest BCUT2D eigenvalue weighted by Crippen LogP contribution is 2.17. The Hall–Kier alpha value is -1.55. The Labute approximate surface area is 103 Å². The van der Waals surface area contributed by atoms with E-state index in [0.717, 1.165) is 11.3 Å². The normalized spacial score (nSPS) is 12.0. The summed E-state index contributed by atoms with van der Waals surface area (Å²) in [5.41, 5.74) is 1.99. The number of carbonyl (C=O) groups excluding carboxylic acids is 1. The van der Waals surface area contributed by atoms with Gasteiger partial charge >= 0.3 is 0 Å². The highest BCUT2D eigenvalue weighted by molar-refractivity contribution is 5.84. The number of nitrogens with one attached hydrogen (secondary N) is 1. The molecule has 17 heavy (non-hydrogen) atoms. The van der Waals surface area contributed by atoms with Gasteiger partial charge in [-0.2, -0.15) is 0 Å². The van der Waals surface area contributed by atoms with E-state index in [4.69, 9.17) is 4.74 Å². The van der Waals surface area contributed by atoms with Crippen LogP contribution in [0.1, 0.15) is 12.5 Å². The first kappa shape index (κ1) is 13.5. The second-order valence-electron chi connectivity index (χ2n) is 4.19. The summed E-state index contributed by atoms with van der Waals surface area (Å²) < 4.78 is 5.12. The molecule has 0 saturated heterocycles. The molecule has 1 aromatic rings. The molecule has 0 aliphatic heterocycles. The molecule has 0 saturated carbocycles. The van der Waals surface area contributed by atoms with Gasteiger partial charge < -0.3 is 15.0 Å². The molecule has 0 fully saturated rings. The predicted octanol–water partition coefficient (Wildman–Crippen LogP) is 1.72. The SMILES string of the molecule is COCc1ccccc1NC(C)C(=O)N(C)C. The van der Waals surface area contributed by atoms with Crippen LogP contribution in [0.15, 0.2) is 24.3 Å². The molecule has 1 atom stereocenters. The zero-order valence-electron chi connectivity index (χ0n) is 10.9. The fourth-order valence-corrected chi connectivity index (χ4v) is 1.62. The molecule has 0 aromatic heterocycles. The van der Waals surface area contributed by atoms with E-state index in [0.29, 0.717) is 6.61 Å². The maximum atomic E-state index is 11.7. The molecular formula is C13H20N2O2. The van der Waals surface area contributed by atoms with Crippen molar-refractivity contribution in [2.45, 2.75) is 19.6 Å². The van der Waals surface area contributed by atoms with Crippen LogP contribution in [-0.2, 0) is 16.1 Å². The molecule has 1 unspecified atom stereocenters. The Balaban J connectivity index is 2.77. The number of methoxy groups -OCH3 is 1. The summed E-state index contributed by atoms with van der Waals surface area (Å²) in [6, 6.07) is 7.58. The minimum Gasteiger partial charge on any atom is -0.380 e. The van der Waals surface area contributed by atoms with Gasteiger partial charge in [0.1, 0.15) is 6.04 Å². The lowest BCUT2D eigenvalue weighted by molar-refractivity contribution is -0.129. The monoisotopic (exact) mass is 236 g/mol. The van der Waals surface area contributed by atoms with E-state index in [1.165, 1.54) is 0 Å². The second kappa shape index (κ2) is 6.25. The number of anilines is 1. The van der Waals surface area contributed by atoms with Crippen molar-refractivity contribution >= 4 is 11.6 Å². The molecule has 0 aliphatic rings. The van der Waals surface area contributed by atoms with Crippen LogP contribution < -0.4 is 5.32 Å². The lowest BCUT2D eigenvalue weighted by atomic mass is 10.1. The number of amides is 1. The highest BCUT2D eigenvalue weighted by Gasteiger charge is 2.15. The van der Waals surface area contributed by atoms with Gasteiger partial charge in [0.15, 0.2) is 0 Å². The molecule has 94 valence electrons. The second-order valence-corrected chi connectivity index (χ2v) is 4.19. The maximum Gasteiger partial charge on any atom is 0.244 e. The summed E-state index contributed by atoms with van der Waals surface area (Å²) >= 11 is 0. The van der Waals surface area contributed by atoms with Gasteiger partial charge in [-0.1, -0.05) is 18.2 Å². The lowest BCUT2D eigenvalue weighted by Gasteiger charge is -2.20. The molecular weight excluding hydrogens is 216 g/mol. The van der Waals surface area contributed by atoms with Gasteiger partial charge in [0.05, 0.1) is 6.61 Å².